The van der Waals surface area contributed by atoms with Gasteiger partial charge in [0.25, 0.3) is 0 Å². The van der Waals surface area contributed by atoms with Gasteiger partial charge in [-0.05, 0) is 99.2 Å². The second kappa shape index (κ2) is 15.4. The molecule has 6 aromatic heterocycles. The zero-order valence-electron chi connectivity index (χ0n) is 39.2. The fourth-order valence-electron chi connectivity index (χ4n) is 11.0. The van der Waals surface area contributed by atoms with Crippen molar-refractivity contribution in [1.29, 1.82) is 0 Å². The number of hydrogen-bond acceptors (Lipinski definition) is 5. The number of fused-ring (bicyclic) bond motifs is 9. The lowest BCUT2D eigenvalue weighted by Crippen LogP contribution is -2.12. The molecule has 0 fully saturated rings. The van der Waals surface area contributed by atoms with Gasteiger partial charge in [0.1, 0.15) is 11.0 Å². The SMILES string of the molecule is Cc1cccc2c3cccc(C)c3n(-c3cc(-c4nc(-c5ccccc5)nc(-c5ccccc5)n4)cc(-n4c5c(C)cccc5c5cccc(C)c54)c3-n3c4c(C)ccnc4c4nccc(C)c43)c12. The van der Waals surface area contributed by atoms with Crippen LogP contribution in [0.25, 0.3) is 117 Å². The van der Waals surface area contributed by atoms with Crippen LogP contribution in [-0.4, -0.2) is 38.6 Å². The van der Waals surface area contributed by atoms with Crippen LogP contribution < -0.4 is 0 Å². The second-order valence-electron chi connectivity index (χ2n) is 18.4. The summed E-state index contributed by atoms with van der Waals surface area (Å²) in [6.07, 6.45) is 3.82. The lowest BCUT2D eigenvalue weighted by Gasteiger charge is -2.25. The van der Waals surface area contributed by atoms with Gasteiger partial charge in [-0.25, -0.2) is 15.0 Å². The van der Waals surface area contributed by atoms with Crippen molar-refractivity contribution >= 4 is 65.7 Å². The van der Waals surface area contributed by atoms with Gasteiger partial charge in [-0.3, -0.25) is 9.97 Å². The molecule has 0 aliphatic rings. The van der Waals surface area contributed by atoms with Crippen molar-refractivity contribution in [1.82, 2.24) is 38.6 Å². The number of hydrogen-bond donors (Lipinski definition) is 0. The summed E-state index contributed by atoms with van der Waals surface area (Å²) < 4.78 is 7.49. The number of aryl methyl sites for hydroxylation is 6. The highest BCUT2D eigenvalue weighted by Crippen LogP contribution is 2.46. The van der Waals surface area contributed by atoms with E-state index in [1.54, 1.807) is 0 Å². The topological polar surface area (TPSA) is 79.2 Å². The van der Waals surface area contributed by atoms with Crippen LogP contribution in [0.5, 0.6) is 0 Å². The Morgan fingerprint density at radius 1 is 0.304 bits per heavy atom. The number of pyridine rings is 2. The molecule has 13 rings (SSSR count). The van der Waals surface area contributed by atoms with Crippen LogP contribution >= 0.6 is 0 Å². The maximum atomic E-state index is 5.42. The number of nitrogens with zero attached hydrogens (tertiary/aromatic N) is 8. The highest BCUT2D eigenvalue weighted by molar-refractivity contribution is 6.15. The molecule has 7 aromatic carbocycles. The first kappa shape index (κ1) is 40.5. The number of para-hydroxylation sites is 4. The summed E-state index contributed by atoms with van der Waals surface area (Å²) in [6.45, 7) is 13.3. The molecule has 0 radical (unpaired) electrons. The molecule has 6 heterocycles. The average molecular weight is 891 g/mol. The van der Waals surface area contributed by atoms with E-state index in [0.717, 1.165) is 89.0 Å². The average Bonchev–Trinajstić information content (AvgIpc) is 4.03. The van der Waals surface area contributed by atoms with Crippen molar-refractivity contribution in [2.45, 2.75) is 41.5 Å². The van der Waals surface area contributed by atoms with Gasteiger partial charge in [-0.2, -0.15) is 0 Å². The van der Waals surface area contributed by atoms with Crippen LogP contribution in [-0.2, 0) is 0 Å². The van der Waals surface area contributed by atoms with E-state index in [4.69, 9.17) is 24.9 Å². The number of aromatic nitrogens is 8. The minimum atomic E-state index is 0.568. The van der Waals surface area contributed by atoms with Gasteiger partial charge in [0, 0.05) is 50.6 Å². The predicted octanol–water partition coefficient (Wildman–Crippen LogP) is 14.8. The smallest absolute Gasteiger partial charge is 0.164 e. The molecule has 330 valence electrons. The molecule has 8 heteroatoms. The van der Waals surface area contributed by atoms with E-state index >= 15 is 0 Å². The quantitative estimate of drug-likeness (QED) is 0.166. The van der Waals surface area contributed by atoms with Crippen molar-refractivity contribution in [3.63, 3.8) is 0 Å². The second-order valence-corrected chi connectivity index (χ2v) is 18.4. The van der Waals surface area contributed by atoms with Crippen LogP contribution in [0.3, 0.4) is 0 Å². The molecule has 0 bridgehead atoms. The standard InChI is InChI=1S/C61H46N8/c1-35-17-13-25-44-45-26-14-18-36(2)53(45)67(52(35)44)48-33-43(61-65-59(41-21-9-7-10-22-41)64-60(66-61)42-23-11-8-12-24-42)34-49(68-54-37(3)19-15-27-46(54)47-28-16-20-38(4)55(47)68)58(48)69-56-39(5)29-31-62-50(56)51-57(69)40(6)30-32-63-51/h7-34H,1-6H3. The summed E-state index contributed by atoms with van der Waals surface area (Å²) >= 11 is 0. The summed E-state index contributed by atoms with van der Waals surface area (Å²) in [4.78, 5) is 26.2. The minimum Gasteiger partial charge on any atom is -0.306 e. The van der Waals surface area contributed by atoms with Gasteiger partial charge in [0.05, 0.1) is 50.2 Å². The van der Waals surface area contributed by atoms with Crippen molar-refractivity contribution in [2.24, 2.45) is 0 Å². The first-order valence-corrected chi connectivity index (χ1v) is 23.5. The van der Waals surface area contributed by atoms with Crippen molar-refractivity contribution in [3.05, 3.63) is 203 Å². The first-order chi connectivity index (χ1) is 33.7. The summed E-state index contributed by atoms with van der Waals surface area (Å²) in [5, 5.41) is 4.74. The fraction of sp³-hybridized carbons (Fsp3) is 0.0984. The Morgan fingerprint density at radius 3 is 1.00 bits per heavy atom. The van der Waals surface area contributed by atoms with Crippen molar-refractivity contribution < 1.29 is 0 Å². The van der Waals surface area contributed by atoms with E-state index in [2.05, 4.69) is 177 Å². The van der Waals surface area contributed by atoms with Crippen LogP contribution in [0, 0.1) is 41.5 Å². The molecule has 0 saturated carbocycles. The van der Waals surface area contributed by atoms with E-state index < -0.39 is 0 Å². The van der Waals surface area contributed by atoms with E-state index in [9.17, 15) is 0 Å². The van der Waals surface area contributed by atoms with Gasteiger partial charge < -0.3 is 13.7 Å². The van der Waals surface area contributed by atoms with Gasteiger partial charge >= 0.3 is 0 Å². The van der Waals surface area contributed by atoms with Gasteiger partial charge in [0.2, 0.25) is 0 Å². The minimum absolute atomic E-state index is 0.568. The Labute approximate surface area is 398 Å². The van der Waals surface area contributed by atoms with Gasteiger partial charge in [-0.1, -0.05) is 133 Å². The molecular formula is C61H46N8. The Bertz CT molecular complexity index is 3870. The van der Waals surface area contributed by atoms with Crippen LogP contribution in [0.15, 0.2) is 170 Å². The van der Waals surface area contributed by atoms with Gasteiger partial charge in [-0.15, -0.1) is 0 Å². The molecule has 8 nitrogen and oxygen atoms in total. The highest BCUT2D eigenvalue weighted by Gasteiger charge is 2.30. The Morgan fingerprint density at radius 2 is 0.638 bits per heavy atom. The normalized spacial score (nSPS) is 11.9. The fourth-order valence-corrected chi connectivity index (χ4v) is 11.0. The van der Waals surface area contributed by atoms with Crippen LogP contribution in [0.1, 0.15) is 33.4 Å². The Hall–Kier alpha value is -8.75. The molecule has 0 amide bonds. The number of benzene rings is 7. The van der Waals surface area contributed by atoms with Crippen LogP contribution in [0.2, 0.25) is 0 Å². The Kier molecular flexibility index (Phi) is 9.04. The maximum absolute atomic E-state index is 5.42. The molecule has 0 N–H and O–H groups in total. The van der Waals surface area contributed by atoms with E-state index in [1.165, 1.54) is 43.8 Å². The third kappa shape index (κ3) is 6.04. The van der Waals surface area contributed by atoms with E-state index in [0.29, 0.717) is 17.5 Å². The third-order valence-electron chi connectivity index (χ3n) is 14.1. The summed E-state index contributed by atoms with van der Waals surface area (Å²) in [5.74, 6) is 1.77. The molecular weight excluding hydrogens is 845 g/mol. The zero-order chi connectivity index (χ0) is 46.7. The summed E-state index contributed by atoms with van der Waals surface area (Å²) in [6, 6.07) is 56.0. The molecule has 0 aliphatic carbocycles. The van der Waals surface area contributed by atoms with Crippen LogP contribution in [0.4, 0.5) is 0 Å². The zero-order valence-corrected chi connectivity index (χ0v) is 39.2. The lowest BCUT2D eigenvalue weighted by molar-refractivity contribution is 1.03. The van der Waals surface area contributed by atoms with Crippen molar-refractivity contribution in [2.75, 3.05) is 0 Å². The summed E-state index contributed by atoms with van der Waals surface area (Å²) in [5.41, 5.74) is 20.7. The van der Waals surface area contributed by atoms with Gasteiger partial charge in [0.15, 0.2) is 17.5 Å². The molecule has 0 aliphatic heterocycles. The third-order valence-corrected chi connectivity index (χ3v) is 14.1. The van der Waals surface area contributed by atoms with Crippen molar-refractivity contribution in [3.8, 4) is 51.2 Å². The monoisotopic (exact) mass is 890 g/mol. The number of rotatable bonds is 6. The largest absolute Gasteiger partial charge is 0.306 e. The lowest BCUT2D eigenvalue weighted by atomic mass is 10.1. The maximum Gasteiger partial charge on any atom is 0.164 e. The molecule has 0 saturated heterocycles. The molecule has 0 unspecified atom stereocenters. The van der Waals surface area contributed by atoms with E-state index in [-0.39, 0.29) is 0 Å². The van der Waals surface area contributed by atoms with E-state index in [1.807, 2.05) is 48.8 Å². The summed E-state index contributed by atoms with van der Waals surface area (Å²) in [7, 11) is 0. The molecule has 13 aromatic rings. The molecule has 69 heavy (non-hydrogen) atoms. The predicted molar refractivity (Wildman–Crippen MR) is 283 cm³/mol. The first-order valence-electron chi connectivity index (χ1n) is 23.5. The molecule has 0 atom stereocenters. The molecule has 0 spiro atoms. The Balaban J connectivity index is 1.32. The highest BCUT2D eigenvalue weighted by atomic mass is 15.1.